The molecule has 3 unspecified atom stereocenters. The van der Waals surface area contributed by atoms with Crippen LogP contribution in [0.5, 0.6) is 0 Å². The number of hydroxylamine groups is 1. The highest BCUT2D eigenvalue weighted by molar-refractivity contribution is 5.67. The Bertz CT molecular complexity index is 459. The Kier molecular flexibility index (Phi) is 5.99. The highest BCUT2D eigenvalue weighted by atomic mass is 16.7. The molecule has 0 saturated heterocycles. The van der Waals surface area contributed by atoms with E-state index in [-0.39, 0.29) is 11.8 Å². The number of hydrogen-bond donors (Lipinski definition) is 4. The number of rotatable bonds is 9. The van der Waals surface area contributed by atoms with Gasteiger partial charge in [0, 0.05) is 17.5 Å². The van der Waals surface area contributed by atoms with Gasteiger partial charge in [0.15, 0.2) is 6.61 Å². The van der Waals surface area contributed by atoms with E-state index in [0.29, 0.717) is 6.42 Å². The van der Waals surface area contributed by atoms with E-state index >= 15 is 0 Å². The molecule has 0 heterocycles. The van der Waals surface area contributed by atoms with Crippen LogP contribution < -0.4 is 5.48 Å². The number of carbonyl (C=O) groups is 1. The minimum absolute atomic E-state index is 0.00931. The fourth-order valence-electron chi connectivity index (χ4n) is 3.10. The molecule has 4 atom stereocenters. The Morgan fingerprint density at radius 2 is 2.27 bits per heavy atom. The lowest BCUT2D eigenvalue weighted by atomic mass is 9.83. The minimum Gasteiger partial charge on any atom is -0.479 e. The van der Waals surface area contributed by atoms with Gasteiger partial charge in [-0.25, -0.2) is 4.79 Å². The van der Waals surface area contributed by atoms with Gasteiger partial charge in [-0.15, -0.1) is 0 Å². The van der Waals surface area contributed by atoms with Crippen LogP contribution in [0.2, 0.25) is 0 Å². The third-order valence-electron chi connectivity index (χ3n) is 4.39. The normalized spacial score (nSPS) is 28.6. The van der Waals surface area contributed by atoms with Gasteiger partial charge in [0.05, 0.1) is 12.2 Å². The van der Waals surface area contributed by atoms with Crippen molar-refractivity contribution in [2.45, 2.75) is 51.2 Å². The molecule has 4 N–H and O–H groups in total. The molecule has 0 aliphatic heterocycles. The fraction of sp³-hybridized carbons (Fsp3) is 0.688. The van der Waals surface area contributed by atoms with E-state index in [4.69, 9.17) is 9.94 Å². The van der Waals surface area contributed by atoms with Crippen molar-refractivity contribution >= 4 is 5.97 Å². The topological polar surface area (TPSA) is 99.0 Å². The summed E-state index contributed by atoms with van der Waals surface area (Å²) in [7, 11) is 0. The Labute approximate surface area is 130 Å². The summed E-state index contributed by atoms with van der Waals surface area (Å²) in [6.45, 7) is 1.69. The molecule has 22 heavy (non-hydrogen) atoms. The Balaban J connectivity index is 1.84. The van der Waals surface area contributed by atoms with Crippen molar-refractivity contribution in [3.05, 3.63) is 23.4 Å². The van der Waals surface area contributed by atoms with Crippen LogP contribution in [0.3, 0.4) is 0 Å². The lowest BCUT2D eigenvalue weighted by Crippen LogP contribution is -2.32. The summed E-state index contributed by atoms with van der Waals surface area (Å²) in [5, 5.41) is 28.6. The lowest BCUT2D eigenvalue weighted by Gasteiger charge is -2.30. The second-order valence-corrected chi connectivity index (χ2v) is 6.05. The number of carboxylic acids is 1. The standard InChI is InChI=1S/C16H25NO5/c1-2-3-4-11(18)6-5-10-7-12-13(16(10)21)8-14(12)17-22-9-15(19)20/h5-6,10-11,13,16-18,21H,2-4,7-9H2,1H3,(H,19,20)/t10?,11?,13-,16?/m1/s1. The first-order valence-electron chi connectivity index (χ1n) is 7.88. The van der Waals surface area contributed by atoms with Crippen molar-refractivity contribution in [1.82, 2.24) is 5.48 Å². The number of unbranched alkanes of at least 4 members (excludes halogenated alkanes) is 1. The molecule has 0 radical (unpaired) electrons. The molecular weight excluding hydrogens is 286 g/mol. The van der Waals surface area contributed by atoms with Gasteiger partial charge in [0.25, 0.3) is 0 Å². The second-order valence-electron chi connectivity index (χ2n) is 6.05. The first-order chi connectivity index (χ1) is 10.5. The Hall–Kier alpha value is -1.37. The van der Waals surface area contributed by atoms with E-state index in [0.717, 1.165) is 37.0 Å². The van der Waals surface area contributed by atoms with Gasteiger partial charge in [-0.1, -0.05) is 31.9 Å². The molecule has 2 rings (SSSR count). The average Bonchev–Trinajstić information content (AvgIpc) is 2.70. The van der Waals surface area contributed by atoms with Gasteiger partial charge in [-0.05, 0) is 24.8 Å². The molecule has 0 amide bonds. The molecule has 0 aromatic carbocycles. The summed E-state index contributed by atoms with van der Waals surface area (Å²) >= 11 is 0. The molecule has 0 bridgehead atoms. The van der Waals surface area contributed by atoms with Crippen LogP contribution >= 0.6 is 0 Å². The summed E-state index contributed by atoms with van der Waals surface area (Å²) in [5.74, 6) is -0.893. The van der Waals surface area contributed by atoms with Gasteiger partial charge < -0.3 is 15.3 Å². The van der Waals surface area contributed by atoms with Gasteiger partial charge >= 0.3 is 5.97 Å². The Morgan fingerprint density at radius 3 is 2.95 bits per heavy atom. The molecular formula is C16H25NO5. The van der Waals surface area contributed by atoms with Crippen LogP contribution in [0.4, 0.5) is 0 Å². The zero-order valence-electron chi connectivity index (χ0n) is 12.9. The number of aliphatic carboxylic acids is 1. The first-order valence-corrected chi connectivity index (χ1v) is 7.88. The van der Waals surface area contributed by atoms with Crippen LogP contribution in [0.15, 0.2) is 23.4 Å². The van der Waals surface area contributed by atoms with Crippen molar-refractivity contribution in [3.8, 4) is 0 Å². The fourth-order valence-corrected chi connectivity index (χ4v) is 3.10. The number of fused-ring (bicyclic) bond motifs is 1. The molecule has 1 fully saturated rings. The summed E-state index contributed by atoms with van der Waals surface area (Å²) in [6.07, 6.45) is 7.00. The van der Waals surface area contributed by atoms with Crippen molar-refractivity contribution in [1.29, 1.82) is 0 Å². The minimum atomic E-state index is -1.03. The summed E-state index contributed by atoms with van der Waals surface area (Å²) in [5.41, 5.74) is 4.66. The Morgan fingerprint density at radius 1 is 1.50 bits per heavy atom. The van der Waals surface area contributed by atoms with Gasteiger partial charge in [0.2, 0.25) is 0 Å². The molecule has 2 aliphatic carbocycles. The maximum atomic E-state index is 10.4. The maximum Gasteiger partial charge on any atom is 0.332 e. The molecule has 1 saturated carbocycles. The number of aliphatic hydroxyl groups excluding tert-OH is 2. The third kappa shape index (κ3) is 4.09. The van der Waals surface area contributed by atoms with Crippen LogP contribution in [0.25, 0.3) is 0 Å². The predicted octanol–water partition coefficient (Wildman–Crippen LogP) is 1.35. The van der Waals surface area contributed by atoms with E-state index in [1.165, 1.54) is 0 Å². The van der Waals surface area contributed by atoms with Crippen LogP contribution in [-0.4, -0.2) is 40.1 Å². The van der Waals surface area contributed by atoms with E-state index < -0.39 is 24.8 Å². The smallest absolute Gasteiger partial charge is 0.332 e. The maximum absolute atomic E-state index is 10.4. The largest absolute Gasteiger partial charge is 0.479 e. The molecule has 0 aromatic heterocycles. The second kappa shape index (κ2) is 7.76. The van der Waals surface area contributed by atoms with Crippen LogP contribution in [0, 0.1) is 11.8 Å². The molecule has 6 heteroatoms. The van der Waals surface area contributed by atoms with Gasteiger partial charge in [0.1, 0.15) is 0 Å². The zero-order chi connectivity index (χ0) is 16.1. The van der Waals surface area contributed by atoms with Gasteiger partial charge in [-0.2, -0.15) is 0 Å². The SMILES string of the molecule is CCCCC(O)C=CC1CC2=C(NOCC(=O)O)C[C@H]2C1O. The van der Waals surface area contributed by atoms with E-state index in [1.54, 1.807) is 6.08 Å². The molecule has 0 aromatic rings. The highest BCUT2D eigenvalue weighted by Gasteiger charge is 2.45. The quantitative estimate of drug-likeness (QED) is 0.379. The number of allylic oxidation sites excluding steroid dienone is 1. The monoisotopic (exact) mass is 311 g/mol. The average molecular weight is 311 g/mol. The number of hydrogen-bond acceptors (Lipinski definition) is 5. The number of aliphatic hydroxyl groups is 2. The number of carboxylic acid groups (broad SMARTS) is 1. The molecule has 0 spiro atoms. The predicted molar refractivity (Wildman–Crippen MR) is 80.6 cm³/mol. The summed E-state index contributed by atoms with van der Waals surface area (Å²) in [4.78, 5) is 15.3. The lowest BCUT2D eigenvalue weighted by molar-refractivity contribution is -0.144. The third-order valence-corrected chi connectivity index (χ3v) is 4.39. The van der Waals surface area contributed by atoms with E-state index in [1.807, 2.05) is 6.08 Å². The first kappa shape index (κ1) is 17.0. The molecule has 6 nitrogen and oxygen atoms in total. The van der Waals surface area contributed by atoms with E-state index in [9.17, 15) is 15.0 Å². The zero-order valence-corrected chi connectivity index (χ0v) is 12.9. The van der Waals surface area contributed by atoms with Crippen molar-refractivity contribution < 1.29 is 25.0 Å². The van der Waals surface area contributed by atoms with Gasteiger partial charge in [-0.3, -0.25) is 10.3 Å². The number of nitrogens with one attached hydrogen (secondary N) is 1. The molecule has 124 valence electrons. The van der Waals surface area contributed by atoms with Crippen molar-refractivity contribution in [2.75, 3.05) is 6.61 Å². The summed E-state index contributed by atoms with van der Waals surface area (Å²) in [6, 6.07) is 0. The highest BCUT2D eigenvalue weighted by Crippen LogP contribution is 2.48. The molecule has 2 aliphatic rings. The van der Waals surface area contributed by atoms with Crippen molar-refractivity contribution in [2.24, 2.45) is 11.8 Å². The van der Waals surface area contributed by atoms with Crippen LogP contribution in [-0.2, 0) is 9.63 Å². The van der Waals surface area contributed by atoms with Crippen molar-refractivity contribution in [3.63, 3.8) is 0 Å². The summed E-state index contributed by atoms with van der Waals surface area (Å²) < 4.78 is 0. The van der Waals surface area contributed by atoms with Crippen LogP contribution in [0.1, 0.15) is 39.0 Å². The van der Waals surface area contributed by atoms with E-state index in [2.05, 4.69) is 12.4 Å².